The molecule has 1 aliphatic rings. The fourth-order valence-electron chi connectivity index (χ4n) is 2.85. The molecule has 0 radical (unpaired) electrons. The van der Waals surface area contributed by atoms with Gasteiger partial charge >= 0.3 is 5.97 Å². The van der Waals surface area contributed by atoms with Crippen molar-refractivity contribution in [2.75, 3.05) is 6.61 Å². The Morgan fingerprint density at radius 2 is 1.72 bits per heavy atom. The Kier molecular flexibility index (Phi) is 6.89. The second-order valence-corrected chi connectivity index (χ2v) is 9.04. The predicted molar refractivity (Wildman–Crippen MR) is 114 cm³/mol. The number of carbonyl (C=O) groups excluding carboxylic acids is 1. The molecule has 4 nitrogen and oxygen atoms in total. The largest absolute Gasteiger partial charge is 0.465 e. The molecule has 2 aromatic rings. The zero-order chi connectivity index (χ0) is 21.0. The SMILES string of the molecule is CC(C)(C)COC(=O)/C=C1\C[C@@H](c2cccc(Cl)c2)O[C@@H](c2cccc(Cl)c2)O1. The summed E-state index contributed by atoms with van der Waals surface area (Å²) in [4.78, 5) is 12.3. The molecule has 0 amide bonds. The van der Waals surface area contributed by atoms with Crippen LogP contribution >= 0.6 is 23.2 Å². The topological polar surface area (TPSA) is 44.8 Å². The molecule has 2 atom stereocenters. The molecule has 6 heteroatoms. The van der Waals surface area contributed by atoms with Gasteiger partial charge in [0.15, 0.2) is 0 Å². The number of hydrogen-bond acceptors (Lipinski definition) is 4. The van der Waals surface area contributed by atoms with Gasteiger partial charge in [-0.2, -0.15) is 0 Å². The van der Waals surface area contributed by atoms with Crippen LogP contribution in [0.5, 0.6) is 0 Å². The lowest BCUT2D eigenvalue weighted by molar-refractivity contribution is -0.191. The van der Waals surface area contributed by atoms with Crippen LogP contribution in [-0.2, 0) is 19.0 Å². The summed E-state index contributed by atoms with van der Waals surface area (Å²) in [5.74, 6) is 0.0524. The molecule has 0 unspecified atom stereocenters. The zero-order valence-corrected chi connectivity index (χ0v) is 18.2. The maximum absolute atomic E-state index is 12.3. The van der Waals surface area contributed by atoms with Crippen molar-refractivity contribution in [1.29, 1.82) is 0 Å². The monoisotopic (exact) mass is 434 g/mol. The first-order chi connectivity index (χ1) is 13.7. The van der Waals surface area contributed by atoms with Gasteiger partial charge in [-0.05, 0) is 35.2 Å². The molecule has 0 bridgehead atoms. The van der Waals surface area contributed by atoms with Crippen LogP contribution in [0.3, 0.4) is 0 Å². The van der Waals surface area contributed by atoms with Gasteiger partial charge in [-0.25, -0.2) is 4.79 Å². The fraction of sp³-hybridized carbons (Fsp3) is 0.348. The molecule has 1 fully saturated rings. The first-order valence-electron chi connectivity index (χ1n) is 9.40. The number of halogens is 2. The number of rotatable bonds is 4. The minimum absolute atomic E-state index is 0.114. The highest BCUT2D eigenvalue weighted by Gasteiger charge is 2.30. The van der Waals surface area contributed by atoms with E-state index in [1.807, 2.05) is 51.1 Å². The van der Waals surface area contributed by atoms with Gasteiger partial charge in [0.05, 0.1) is 18.8 Å². The van der Waals surface area contributed by atoms with Crippen molar-refractivity contribution in [1.82, 2.24) is 0 Å². The maximum Gasteiger partial charge on any atom is 0.334 e. The molecule has 1 aliphatic heterocycles. The average Bonchev–Trinajstić information content (AvgIpc) is 2.66. The third-order valence-corrected chi connectivity index (χ3v) is 4.67. The summed E-state index contributed by atoms with van der Waals surface area (Å²) in [5, 5.41) is 1.20. The zero-order valence-electron chi connectivity index (χ0n) is 16.7. The normalized spacial score (nSPS) is 20.9. The van der Waals surface area contributed by atoms with E-state index in [0.29, 0.717) is 28.8 Å². The van der Waals surface area contributed by atoms with Gasteiger partial charge in [0, 0.05) is 22.0 Å². The van der Waals surface area contributed by atoms with Gasteiger partial charge in [0.1, 0.15) is 5.76 Å². The third kappa shape index (κ3) is 6.49. The van der Waals surface area contributed by atoms with Crippen molar-refractivity contribution in [2.45, 2.75) is 39.6 Å². The molecule has 0 aromatic heterocycles. The molecule has 1 heterocycles. The summed E-state index contributed by atoms with van der Waals surface area (Å²) in [7, 11) is 0. The summed E-state index contributed by atoms with van der Waals surface area (Å²) >= 11 is 12.3. The molecule has 0 N–H and O–H groups in total. The van der Waals surface area contributed by atoms with E-state index in [2.05, 4.69) is 0 Å². The van der Waals surface area contributed by atoms with Crippen molar-refractivity contribution in [3.8, 4) is 0 Å². The quantitative estimate of drug-likeness (QED) is 0.399. The lowest BCUT2D eigenvalue weighted by Gasteiger charge is -2.33. The van der Waals surface area contributed by atoms with E-state index >= 15 is 0 Å². The molecular formula is C23H24Cl2O4. The van der Waals surface area contributed by atoms with Crippen LogP contribution in [0.25, 0.3) is 0 Å². The van der Waals surface area contributed by atoms with Crippen LogP contribution in [-0.4, -0.2) is 12.6 Å². The summed E-state index contributed by atoms with van der Waals surface area (Å²) < 4.78 is 17.5. The summed E-state index contributed by atoms with van der Waals surface area (Å²) in [6.45, 7) is 6.33. The Morgan fingerprint density at radius 3 is 2.34 bits per heavy atom. The smallest absolute Gasteiger partial charge is 0.334 e. The Bertz CT molecular complexity index is 846. The van der Waals surface area contributed by atoms with Crippen LogP contribution < -0.4 is 0 Å². The average molecular weight is 435 g/mol. The number of carbonyl (C=O) groups is 1. The first-order valence-corrected chi connectivity index (χ1v) is 10.2. The maximum atomic E-state index is 12.3. The van der Waals surface area contributed by atoms with Crippen molar-refractivity contribution in [3.63, 3.8) is 0 Å². The number of esters is 1. The van der Waals surface area contributed by atoms with E-state index in [9.17, 15) is 4.79 Å². The van der Waals surface area contributed by atoms with Crippen LogP contribution in [0.1, 0.15) is 50.7 Å². The van der Waals surface area contributed by atoms with Gasteiger partial charge in [-0.15, -0.1) is 0 Å². The Hall–Kier alpha value is -2.01. The molecule has 2 aromatic carbocycles. The Morgan fingerprint density at radius 1 is 1.10 bits per heavy atom. The highest BCUT2D eigenvalue weighted by Crippen LogP contribution is 2.40. The molecule has 1 saturated heterocycles. The lowest BCUT2D eigenvalue weighted by Crippen LogP contribution is -2.22. The van der Waals surface area contributed by atoms with E-state index in [1.165, 1.54) is 6.08 Å². The van der Waals surface area contributed by atoms with E-state index in [1.54, 1.807) is 18.2 Å². The molecule has 0 saturated carbocycles. The fourth-order valence-corrected chi connectivity index (χ4v) is 3.25. The molecule has 154 valence electrons. The minimum atomic E-state index is -0.701. The van der Waals surface area contributed by atoms with E-state index < -0.39 is 12.3 Å². The highest BCUT2D eigenvalue weighted by atomic mass is 35.5. The van der Waals surface area contributed by atoms with Crippen molar-refractivity contribution in [2.24, 2.45) is 5.41 Å². The summed E-state index contributed by atoms with van der Waals surface area (Å²) in [6, 6.07) is 14.7. The van der Waals surface area contributed by atoms with E-state index in [4.69, 9.17) is 37.4 Å². The van der Waals surface area contributed by atoms with Gasteiger partial charge in [-0.3, -0.25) is 0 Å². The minimum Gasteiger partial charge on any atom is -0.465 e. The van der Waals surface area contributed by atoms with Crippen LogP contribution in [0, 0.1) is 5.41 Å². The van der Waals surface area contributed by atoms with Crippen LogP contribution in [0.2, 0.25) is 10.0 Å². The van der Waals surface area contributed by atoms with Crippen molar-refractivity contribution >= 4 is 29.2 Å². The Balaban J connectivity index is 1.85. The number of benzene rings is 2. The van der Waals surface area contributed by atoms with E-state index in [-0.39, 0.29) is 11.5 Å². The number of hydrogen-bond donors (Lipinski definition) is 0. The summed E-state index contributed by atoms with van der Waals surface area (Å²) in [5.41, 5.74) is 1.55. The Labute approximate surface area is 181 Å². The van der Waals surface area contributed by atoms with Gasteiger partial charge < -0.3 is 14.2 Å². The van der Waals surface area contributed by atoms with Crippen molar-refractivity contribution in [3.05, 3.63) is 81.5 Å². The summed E-state index contributed by atoms with van der Waals surface area (Å²) in [6.07, 6.45) is 0.756. The van der Waals surface area contributed by atoms with Gasteiger partial charge in [0.25, 0.3) is 0 Å². The molecule has 3 rings (SSSR count). The van der Waals surface area contributed by atoms with Crippen molar-refractivity contribution < 1.29 is 19.0 Å². The molecule has 0 spiro atoms. The molecule has 29 heavy (non-hydrogen) atoms. The van der Waals surface area contributed by atoms with Crippen LogP contribution in [0.15, 0.2) is 60.4 Å². The molecular weight excluding hydrogens is 411 g/mol. The standard InChI is InChI=1S/C23H24Cl2O4/c1-23(2,3)14-27-21(26)13-19-12-20(15-6-4-8-17(24)10-15)29-22(28-19)16-7-5-9-18(25)11-16/h4-11,13,20,22H,12,14H2,1-3H3/b19-13+/t20-,22-/m0/s1. The molecule has 0 aliphatic carbocycles. The number of ether oxygens (including phenoxy) is 3. The second kappa shape index (κ2) is 9.21. The van der Waals surface area contributed by atoms with Gasteiger partial charge in [0.2, 0.25) is 6.29 Å². The first kappa shape index (κ1) is 21.7. The van der Waals surface area contributed by atoms with E-state index in [0.717, 1.165) is 11.1 Å². The van der Waals surface area contributed by atoms with Crippen LogP contribution in [0.4, 0.5) is 0 Å². The second-order valence-electron chi connectivity index (χ2n) is 8.17. The third-order valence-electron chi connectivity index (χ3n) is 4.20. The van der Waals surface area contributed by atoms with Gasteiger partial charge in [-0.1, -0.05) is 68.2 Å². The lowest BCUT2D eigenvalue weighted by atomic mass is 9.99. The predicted octanol–water partition coefficient (Wildman–Crippen LogP) is 6.64. The highest BCUT2D eigenvalue weighted by molar-refractivity contribution is 6.30.